The highest BCUT2D eigenvalue weighted by molar-refractivity contribution is 9.10. The Morgan fingerprint density at radius 1 is 1.15 bits per heavy atom. The average Bonchev–Trinajstić information content (AvgIpc) is 3.42. The number of benzene rings is 2. The van der Waals surface area contributed by atoms with Crippen molar-refractivity contribution in [3.8, 4) is 21.7 Å². The normalized spacial score (nSPS) is 16.1. The van der Waals surface area contributed by atoms with Gasteiger partial charge in [0.2, 0.25) is 0 Å². The predicted molar refractivity (Wildman–Crippen MR) is 131 cm³/mol. The third-order valence-electron chi connectivity index (χ3n) is 5.62. The van der Waals surface area contributed by atoms with E-state index in [-0.39, 0.29) is 17.8 Å². The number of oxazole rings is 1. The second kappa shape index (κ2) is 9.77. The first-order valence-corrected chi connectivity index (χ1v) is 12.4. The first-order chi connectivity index (χ1) is 16.5. The summed E-state index contributed by atoms with van der Waals surface area (Å²) < 4.78 is 25.6. The lowest BCUT2D eigenvalue weighted by atomic mass is 10.1. The van der Waals surface area contributed by atoms with Crippen molar-refractivity contribution in [1.82, 2.24) is 14.9 Å². The SMILES string of the molecule is Cc1nc(C(=O)N2CCOCC2Cc2nc(-c3ccccc3)c(Br)o2)c(-c2ccc(F)cc2)s1. The molecule has 1 amide bonds. The summed E-state index contributed by atoms with van der Waals surface area (Å²) >= 11 is 4.89. The maximum absolute atomic E-state index is 13.6. The minimum absolute atomic E-state index is 0.175. The summed E-state index contributed by atoms with van der Waals surface area (Å²) in [5, 5.41) is 0.775. The van der Waals surface area contributed by atoms with Crippen LogP contribution in [0.1, 0.15) is 21.4 Å². The molecule has 0 bridgehead atoms. The zero-order chi connectivity index (χ0) is 23.7. The van der Waals surface area contributed by atoms with Crippen molar-refractivity contribution in [2.24, 2.45) is 0 Å². The molecule has 0 radical (unpaired) electrons. The molecule has 6 nitrogen and oxygen atoms in total. The smallest absolute Gasteiger partial charge is 0.274 e. The van der Waals surface area contributed by atoms with E-state index in [1.54, 1.807) is 17.0 Å². The molecule has 9 heteroatoms. The number of aryl methyl sites for hydroxylation is 1. The number of nitrogens with zero attached hydrogens (tertiary/aromatic N) is 3. The molecule has 174 valence electrons. The minimum atomic E-state index is -0.321. The third-order valence-corrected chi connectivity index (χ3v) is 7.18. The van der Waals surface area contributed by atoms with Crippen molar-refractivity contribution < 1.29 is 18.3 Å². The quantitative estimate of drug-likeness (QED) is 0.321. The molecule has 1 aliphatic rings. The number of carbonyl (C=O) groups is 1. The van der Waals surface area contributed by atoms with Gasteiger partial charge >= 0.3 is 0 Å². The van der Waals surface area contributed by atoms with E-state index in [9.17, 15) is 9.18 Å². The molecule has 1 aliphatic heterocycles. The zero-order valence-corrected chi connectivity index (χ0v) is 20.7. The number of rotatable bonds is 5. The molecule has 0 saturated carbocycles. The van der Waals surface area contributed by atoms with Gasteiger partial charge in [-0.25, -0.2) is 14.4 Å². The average molecular weight is 542 g/mol. The number of hydrogen-bond donors (Lipinski definition) is 0. The zero-order valence-electron chi connectivity index (χ0n) is 18.3. The fourth-order valence-electron chi connectivity index (χ4n) is 4.00. The Morgan fingerprint density at radius 3 is 2.68 bits per heavy atom. The summed E-state index contributed by atoms with van der Waals surface area (Å²) in [4.78, 5) is 25.4. The van der Waals surface area contributed by atoms with Crippen LogP contribution in [0.15, 0.2) is 63.7 Å². The van der Waals surface area contributed by atoms with Gasteiger partial charge in [-0.05, 0) is 40.5 Å². The molecule has 1 saturated heterocycles. The van der Waals surface area contributed by atoms with Crippen LogP contribution in [0.4, 0.5) is 4.39 Å². The van der Waals surface area contributed by atoms with Crippen molar-refractivity contribution in [3.63, 3.8) is 0 Å². The predicted octanol–water partition coefficient (Wildman–Crippen LogP) is 5.76. The van der Waals surface area contributed by atoms with E-state index in [0.717, 1.165) is 26.7 Å². The van der Waals surface area contributed by atoms with Crippen LogP contribution >= 0.6 is 27.3 Å². The molecular formula is C25H21BrFN3O3S. The van der Waals surface area contributed by atoms with Crippen LogP contribution in [0, 0.1) is 12.7 Å². The molecule has 1 atom stereocenters. The van der Waals surface area contributed by atoms with Crippen molar-refractivity contribution in [3.05, 3.63) is 81.7 Å². The number of aromatic nitrogens is 2. The van der Waals surface area contributed by atoms with Crippen molar-refractivity contribution in [1.29, 1.82) is 0 Å². The van der Waals surface area contributed by atoms with E-state index in [4.69, 9.17) is 9.15 Å². The summed E-state index contributed by atoms with van der Waals surface area (Å²) in [5.41, 5.74) is 2.81. The summed E-state index contributed by atoms with van der Waals surface area (Å²) in [6, 6.07) is 15.6. The van der Waals surface area contributed by atoms with Gasteiger partial charge in [-0.15, -0.1) is 11.3 Å². The molecule has 4 aromatic rings. The largest absolute Gasteiger partial charge is 0.433 e. The van der Waals surface area contributed by atoms with Crippen LogP contribution in [0.25, 0.3) is 21.7 Å². The second-order valence-electron chi connectivity index (χ2n) is 7.94. The van der Waals surface area contributed by atoms with E-state index >= 15 is 0 Å². The van der Waals surface area contributed by atoms with Crippen LogP contribution in [0.5, 0.6) is 0 Å². The molecule has 0 N–H and O–H groups in total. The van der Waals surface area contributed by atoms with Gasteiger partial charge in [0.05, 0.1) is 29.1 Å². The Labute approximate surface area is 208 Å². The molecular weight excluding hydrogens is 521 g/mol. The fraction of sp³-hybridized carbons (Fsp3) is 0.240. The molecule has 1 unspecified atom stereocenters. The topological polar surface area (TPSA) is 68.5 Å². The number of thiazole rings is 1. The Kier molecular flexibility index (Phi) is 6.58. The van der Waals surface area contributed by atoms with Gasteiger partial charge in [0, 0.05) is 18.5 Å². The van der Waals surface area contributed by atoms with Crippen molar-refractivity contribution in [2.75, 3.05) is 19.8 Å². The lowest BCUT2D eigenvalue weighted by molar-refractivity contribution is -0.00350. The molecule has 0 aliphatic carbocycles. The standard InChI is InChI=1S/C25H21BrFN3O3S/c1-15-28-22(23(34-15)17-7-9-18(27)10-8-17)25(31)30-11-12-32-14-19(30)13-20-29-21(24(26)33-20)16-5-3-2-4-6-16/h2-10,19H,11-14H2,1H3. The maximum atomic E-state index is 13.6. The molecule has 3 heterocycles. The van der Waals surface area contributed by atoms with Gasteiger partial charge in [-0.1, -0.05) is 42.5 Å². The van der Waals surface area contributed by atoms with E-state index in [1.165, 1.54) is 23.5 Å². The third kappa shape index (κ3) is 4.68. The number of carbonyl (C=O) groups excluding carboxylic acids is 1. The highest BCUT2D eigenvalue weighted by Crippen LogP contribution is 2.33. The number of morpholine rings is 1. The highest BCUT2D eigenvalue weighted by atomic mass is 79.9. The van der Waals surface area contributed by atoms with Gasteiger partial charge in [-0.2, -0.15) is 0 Å². The van der Waals surface area contributed by atoms with Gasteiger partial charge in [0.1, 0.15) is 17.2 Å². The van der Waals surface area contributed by atoms with E-state index < -0.39 is 0 Å². The van der Waals surface area contributed by atoms with Crippen LogP contribution < -0.4 is 0 Å². The summed E-state index contributed by atoms with van der Waals surface area (Å²) in [7, 11) is 0. The second-order valence-corrected chi connectivity index (χ2v) is 9.87. The van der Waals surface area contributed by atoms with Gasteiger partial charge in [-0.3, -0.25) is 4.79 Å². The number of ether oxygens (including phenoxy) is 1. The fourth-order valence-corrected chi connectivity index (χ4v) is 5.42. The van der Waals surface area contributed by atoms with E-state index in [2.05, 4.69) is 25.9 Å². The Morgan fingerprint density at radius 2 is 1.91 bits per heavy atom. The van der Waals surface area contributed by atoms with Gasteiger partial charge in [0.25, 0.3) is 5.91 Å². The summed E-state index contributed by atoms with van der Waals surface area (Å²) in [6.07, 6.45) is 0.409. The molecule has 2 aromatic carbocycles. The molecule has 1 fully saturated rings. The minimum Gasteiger partial charge on any atom is -0.433 e. The van der Waals surface area contributed by atoms with E-state index in [1.807, 2.05) is 37.3 Å². The van der Waals surface area contributed by atoms with Gasteiger partial charge in [0.15, 0.2) is 10.6 Å². The molecule has 2 aromatic heterocycles. The van der Waals surface area contributed by atoms with Crippen LogP contribution in [0.2, 0.25) is 0 Å². The lowest BCUT2D eigenvalue weighted by Gasteiger charge is -2.34. The monoisotopic (exact) mass is 541 g/mol. The summed E-state index contributed by atoms with van der Waals surface area (Å²) in [5.74, 6) is 0.0243. The summed E-state index contributed by atoms with van der Waals surface area (Å²) in [6.45, 7) is 3.13. The molecule has 0 spiro atoms. The van der Waals surface area contributed by atoms with Crippen molar-refractivity contribution in [2.45, 2.75) is 19.4 Å². The first kappa shape index (κ1) is 22.9. The number of amides is 1. The van der Waals surface area contributed by atoms with E-state index in [0.29, 0.717) is 42.4 Å². The number of halogens is 2. The Hall–Kier alpha value is -2.88. The highest BCUT2D eigenvalue weighted by Gasteiger charge is 2.33. The number of hydrogen-bond acceptors (Lipinski definition) is 6. The Balaban J connectivity index is 1.41. The lowest BCUT2D eigenvalue weighted by Crippen LogP contribution is -2.50. The maximum Gasteiger partial charge on any atom is 0.274 e. The van der Waals surface area contributed by atoms with Crippen LogP contribution in [-0.2, 0) is 11.2 Å². The van der Waals surface area contributed by atoms with Crippen molar-refractivity contribution >= 4 is 33.2 Å². The molecule has 34 heavy (non-hydrogen) atoms. The van der Waals surface area contributed by atoms with Crippen LogP contribution in [0.3, 0.4) is 0 Å². The Bertz CT molecular complexity index is 1310. The molecule has 5 rings (SSSR count). The van der Waals surface area contributed by atoms with Gasteiger partial charge < -0.3 is 14.1 Å². The first-order valence-electron chi connectivity index (χ1n) is 10.8. The van der Waals surface area contributed by atoms with Crippen LogP contribution in [-0.4, -0.2) is 46.6 Å².